The molecule has 0 aliphatic rings. The Bertz CT molecular complexity index is 1460. The van der Waals surface area contributed by atoms with Crippen LogP contribution in [0.2, 0.25) is 0 Å². The molecule has 82 heavy (non-hydrogen) atoms. The first-order valence-electron chi connectivity index (χ1n) is 36.3. The summed E-state index contributed by atoms with van der Waals surface area (Å²) in [5.74, 6) is -0.900. The van der Waals surface area contributed by atoms with Crippen LogP contribution in [0.3, 0.4) is 0 Å². The summed E-state index contributed by atoms with van der Waals surface area (Å²) < 4.78 is 17.0. The second-order valence-corrected chi connectivity index (χ2v) is 24.5. The van der Waals surface area contributed by atoms with Crippen molar-refractivity contribution in [1.82, 2.24) is 0 Å². The van der Waals surface area contributed by atoms with Crippen molar-refractivity contribution in [3.63, 3.8) is 0 Å². The van der Waals surface area contributed by atoms with E-state index in [2.05, 4.69) is 81.5 Å². The van der Waals surface area contributed by atoms with Crippen LogP contribution in [0.4, 0.5) is 0 Å². The van der Waals surface area contributed by atoms with Gasteiger partial charge in [-0.2, -0.15) is 0 Å². The van der Waals surface area contributed by atoms with Crippen molar-refractivity contribution in [3.05, 3.63) is 60.8 Å². The lowest BCUT2D eigenvalue weighted by Gasteiger charge is -2.18. The fraction of sp³-hybridized carbons (Fsp3) is 0.829. The highest BCUT2D eigenvalue weighted by molar-refractivity contribution is 5.71. The van der Waals surface area contributed by atoms with Crippen molar-refractivity contribution in [2.75, 3.05) is 13.2 Å². The van der Waals surface area contributed by atoms with Gasteiger partial charge >= 0.3 is 17.9 Å². The molecule has 0 heterocycles. The first-order valence-corrected chi connectivity index (χ1v) is 36.3. The fourth-order valence-electron chi connectivity index (χ4n) is 10.8. The third-order valence-electron chi connectivity index (χ3n) is 16.3. The maximum Gasteiger partial charge on any atom is 0.306 e. The summed E-state index contributed by atoms with van der Waals surface area (Å²) in [4.78, 5) is 38.4. The predicted molar refractivity (Wildman–Crippen MR) is 358 cm³/mol. The minimum absolute atomic E-state index is 0.0827. The van der Waals surface area contributed by atoms with E-state index in [1.54, 1.807) is 0 Å². The maximum atomic E-state index is 13.0. The molecule has 6 nitrogen and oxygen atoms in total. The number of hydrogen-bond donors (Lipinski definition) is 0. The molecule has 0 saturated carbocycles. The number of hydrogen-bond acceptors (Lipinski definition) is 6. The van der Waals surface area contributed by atoms with Gasteiger partial charge in [0.15, 0.2) is 6.10 Å². The van der Waals surface area contributed by atoms with Gasteiger partial charge in [-0.1, -0.05) is 345 Å². The normalized spacial score (nSPS) is 12.4. The molecule has 0 N–H and O–H groups in total. The van der Waals surface area contributed by atoms with Crippen LogP contribution in [0.15, 0.2) is 60.8 Å². The standard InChI is InChI=1S/C76H138O6/c1-4-7-10-13-16-19-22-25-28-30-32-34-35-36-37-38-39-40-41-42-44-45-48-51-54-57-60-63-66-69-75(78)81-72-73(71-80-74(77)68-65-62-59-56-53-50-47-27-24-21-18-15-12-9-6-3)82-76(79)70-67-64-61-58-55-52-49-46-43-33-31-29-26-23-20-17-14-11-8-5-2/h9,12,18,21,27,30,32,47,53,56,73H,4-8,10-11,13-17,19-20,22-26,28-29,31,33-46,48-52,54-55,57-72H2,1-3H3/b12-9-,21-18-,32-30-,47-27-,56-53-. The summed E-state index contributed by atoms with van der Waals surface area (Å²) in [6, 6.07) is 0. The van der Waals surface area contributed by atoms with Gasteiger partial charge in [-0.05, 0) is 83.5 Å². The van der Waals surface area contributed by atoms with Crippen LogP contribution in [-0.2, 0) is 28.6 Å². The zero-order valence-electron chi connectivity index (χ0n) is 55.0. The molecule has 0 bridgehead atoms. The number of carbonyl (C=O) groups is 3. The van der Waals surface area contributed by atoms with Crippen molar-refractivity contribution in [1.29, 1.82) is 0 Å². The second kappa shape index (κ2) is 70.6. The van der Waals surface area contributed by atoms with Gasteiger partial charge in [-0.25, -0.2) is 0 Å². The third-order valence-corrected chi connectivity index (χ3v) is 16.3. The SMILES string of the molecule is CC/C=C\C/C=C\C/C=C\C/C=C\CCCCC(=O)OCC(COC(=O)CCCCCCCCCCCCCCCCCCC/C=C\CCCCCCCCCC)OC(=O)CCCCCCCCCCCCCCCCCCCCCC. The monoisotopic (exact) mass is 1150 g/mol. The van der Waals surface area contributed by atoms with E-state index < -0.39 is 6.10 Å². The molecule has 0 spiro atoms. The number of ether oxygens (including phenoxy) is 3. The molecule has 0 aliphatic carbocycles. The molecule has 0 aliphatic heterocycles. The molecule has 0 amide bonds. The van der Waals surface area contributed by atoms with E-state index in [9.17, 15) is 14.4 Å². The molecule has 0 aromatic rings. The highest BCUT2D eigenvalue weighted by atomic mass is 16.6. The van der Waals surface area contributed by atoms with Crippen LogP contribution in [0.5, 0.6) is 0 Å². The van der Waals surface area contributed by atoms with Crippen LogP contribution in [-0.4, -0.2) is 37.2 Å². The predicted octanol–water partition coefficient (Wildman–Crippen LogP) is 25.1. The third kappa shape index (κ3) is 67.9. The van der Waals surface area contributed by atoms with Crippen LogP contribution in [0.25, 0.3) is 0 Å². The largest absolute Gasteiger partial charge is 0.462 e. The number of unbranched alkanes of at least 4 members (excludes halogenated alkanes) is 46. The van der Waals surface area contributed by atoms with E-state index in [0.29, 0.717) is 19.3 Å². The van der Waals surface area contributed by atoms with Gasteiger partial charge in [-0.3, -0.25) is 14.4 Å². The molecule has 0 aromatic heterocycles. The van der Waals surface area contributed by atoms with E-state index in [1.807, 2.05) is 0 Å². The smallest absolute Gasteiger partial charge is 0.306 e. The molecule has 0 saturated heterocycles. The van der Waals surface area contributed by atoms with Crippen molar-refractivity contribution in [3.8, 4) is 0 Å². The molecule has 0 fully saturated rings. The highest BCUT2D eigenvalue weighted by Gasteiger charge is 2.19. The molecule has 1 atom stereocenters. The first kappa shape index (κ1) is 79.1. The Morgan fingerprint density at radius 3 is 0.780 bits per heavy atom. The minimum Gasteiger partial charge on any atom is -0.462 e. The lowest BCUT2D eigenvalue weighted by Crippen LogP contribution is -2.30. The van der Waals surface area contributed by atoms with E-state index in [1.165, 1.54) is 263 Å². The summed E-state index contributed by atoms with van der Waals surface area (Å²) in [5.41, 5.74) is 0. The van der Waals surface area contributed by atoms with Gasteiger partial charge in [-0.15, -0.1) is 0 Å². The fourth-order valence-corrected chi connectivity index (χ4v) is 10.8. The van der Waals surface area contributed by atoms with Crippen LogP contribution in [0, 0.1) is 0 Å². The average Bonchev–Trinajstić information content (AvgIpc) is 3.47. The van der Waals surface area contributed by atoms with Crippen molar-refractivity contribution < 1.29 is 28.6 Å². The second-order valence-electron chi connectivity index (χ2n) is 24.5. The number of allylic oxidation sites excluding steroid dienone is 10. The summed E-state index contributed by atoms with van der Waals surface area (Å²) in [5, 5.41) is 0. The number of rotatable bonds is 67. The quantitative estimate of drug-likeness (QED) is 0.0261. The Morgan fingerprint density at radius 2 is 0.476 bits per heavy atom. The average molecular weight is 1150 g/mol. The van der Waals surface area contributed by atoms with E-state index in [4.69, 9.17) is 14.2 Å². The number of carbonyl (C=O) groups excluding carboxylic acids is 3. The Morgan fingerprint density at radius 1 is 0.256 bits per heavy atom. The van der Waals surface area contributed by atoms with Crippen LogP contribution < -0.4 is 0 Å². The molecule has 6 heteroatoms. The van der Waals surface area contributed by atoms with Crippen molar-refractivity contribution in [2.45, 2.75) is 393 Å². The van der Waals surface area contributed by atoms with Gasteiger partial charge < -0.3 is 14.2 Å². The maximum absolute atomic E-state index is 13.0. The zero-order chi connectivity index (χ0) is 59.2. The van der Waals surface area contributed by atoms with Crippen LogP contribution in [0.1, 0.15) is 387 Å². The van der Waals surface area contributed by atoms with Gasteiger partial charge in [0.05, 0.1) is 0 Å². The van der Waals surface area contributed by atoms with Crippen molar-refractivity contribution >= 4 is 17.9 Å². The van der Waals surface area contributed by atoms with Gasteiger partial charge in [0, 0.05) is 19.3 Å². The summed E-state index contributed by atoms with van der Waals surface area (Å²) in [6.45, 7) is 6.56. The Labute approximate surface area is 510 Å². The highest BCUT2D eigenvalue weighted by Crippen LogP contribution is 2.19. The molecule has 1 unspecified atom stereocenters. The van der Waals surface area contributed by atoms with Gasteiger partial charge in [0.25, 0.3) is 0 Å². The number of esters is 3. The lowest BCUT2D eigenvalue weighted by molar-refractivity contribution is -0.167. The molecular weight excluding hydrogens is 1010 g/mol. The van der Waals surface area contributed by atoms with Crippen LogP contribution >= 0.6 is 0 Å². The molecule has 0 aromatic carbocycles. The summed E-state index contributed by atoms with van der Waals surface area (Å²) in [6.07, 6.45) is 91.3. The van der Waals surface area contributed by atoms with Gasteiger partial charge in [0.2, 0.25) is 0 Å². The Hall–Kier alpha value is -2.89. The lowest BCUT2D eigenvalue weighted by atomic mass is 10.0. The van der Waals surface area contributed by atoms with E-state index in [0.717, 1.165) is 83.5 Å². The summed E-state index contributed by atoms with van der Waals surface area (Å²) >= 11 is 0. The van der Waals surface area contributed by atoms with E-state index in [-0.39, 0.29) is 31.1 Å². The summed E-state index contributed by atoms with van der Waals surface area (Å²) in [7, 11) is 0. The Balaban J connectivity index is 4.24. The van der Waals surface area contributed by atoms with E-state index >= 15 is 0 Å². The zero-order valence-corrected chi connectivity index (χ0v) is 55.0. The first-order chi connectivity index (χ1) is 40.5. The van der Waals surface area contributed by atoms with Gasteiger partial charge in [0.1, 0.15) is 13.2 Å². The molecular formula is C76H138O6. The molecule has 0 rings (SSSR count). The topological polar surface area (TPSA) is 78.9 Å². The molecule has 0 radical (unpaired) electrons. The molecule has 478 valence electrons. The minimum atomic E-state index is -0.790. The Kier molecular flexibility index (Phi) is 68.1. The van der Waals surface area contributed by atoms with Crippen molar-refractivity contribution in [2.24, 2.45) is 0 Å².